The van der Waals surface area contributed by atoms with Crippen LogP contribution in [0.25, 0.3) is 0 Å². The summed E-state index contributed by atoms with van der Waals surface area (Å²) in [7, 11) is -1.63. The predicted molar refractivity (Wildman–Crippen MR) is 123 cm³/mol. The first kappa shape index (κ1) is 24.9. The molecule has 1 aromatic heterocycles. The molecule has 2 unspecified atom stereocenters. The van der Waals surface area contributed by atoms with E-state index in [1.807, 2.05) is 13.1 Å². The lowest BCUT2D eigenvalue weighted by Gasteiger charge is -2.42. The van der Waals surface area contributed by atoms with Crippen LogP contribution in [-0.2, 0) is 10.0 Å². The van der Waals surface area contributed by atoms with E-state index < -0.39 is 16.7 Å². The number of nitrogens with zero attached hydrogens (tertiary/aromatic N) is 1. The van der Waals surface area contributed by atoms with Gasteiger partial charge in [-0.1, -0.05) is 34.6 Å². The first-order valence-corrected chi connectivity index (χ1v) is 12.5. The Kier molecular flexibility index (Phi) is 8.13. The monoisotopic (exact) mass is 442 g/mol. The van der Waals surface area contributed by atoms with Crippen LogP contribution in [0.5, 0.6) is 0 Å². The molecule has 0 amide bonds. The fourth-order valence-corrected chi connectivity index (χ4v) is 5.29. The maximum atomic E-state index is 12.5. The van der Waals surface area contributed by atoms with Crippen LogP contribution in [0.15, 0.2) is 12.1 Å². The molecule has 0 spiro atoms. The van der Waals surface area contributed by atoms with Gasteiger partial charge in [-0.3, -0.25) is 4.39 Å². The number of halogens is 1. The third kappa shape index (κ3) is 7.08. The molecular weight excluding hydrogens is 403 g/mol. The lowest BCUT2D eigenvalue weighted by Crippen LogP contribution is -2.49. The van der Waals surface area contributed by atoms with Crippen molar-refractivity contribution >= 4 is 21.5 Å². The van der Waals surface area contributed by atoms with Crippen molar-refractivity contribution in [3.05, 3.63) is 17.8 Å². The van der Waals surface area contributed by atoms with Gasteiger partial charge in [0.05, 0.1) is 18.1 Å². The van der Waals surface area contributed by atoms with Crippen LogP contribution in [0.1, 0.15) is 71.9 Å². The molecule has 1 aliphatic carbocycles. The standard InChI is InChI=1S/C22H39FN4O2S/c1-21(2,3)15-25-18-9-8-17(26-20(18)24-6)16-10-11-22(4,5)19(14-16)27-30(28,29)13-7-12-23/h8-9,16,19,25,27H,7,10-15H2,1-6H3,(H,24,26). The van der Waals surface area contributed by atoms with Crippen molar-refractivity contribution in [3.63, 3.8) is 0 Å². The zero-order valence-electron chi connectivity index (χ0n) is 19.3. The van der Waals surface area contributed by atoms with Crippen molar-refractivity contribution in [1.82, 2.24) is 9.71 Å². The predicted octanol–water partition coefficient (Wildman–Crippen LogP) is 4.52. The van der Waals surface area contributed by atoms with Crippen molar-refractivity contribution < 1.29 is 12.8 Å². The average molecular weight is 443 g/mol. The number of hydrogen-bond donors (Lipinski definition) is 3. The molecule has 30 heavy (non-hydrogen) atoms. The molecule has 0 bridgehead atoms. The first-order valence-electron chi connectivity index (χ1n) is 10.9. The number of aromatic nitrogens is 1. The van der Waals surface area contributed by atoms with E-state index in [4.69, 9.17) is 4.98 Å². The average Bonchev–Trinajstić information content (AvgIpc) is 2.65. The van der Waals surface area contributed by atoms with Gasteiger partial charge in [-0.2, -0.15) is 0 Å². The summed E-state index contributed by atoms with van der Waals surface area (Å²) in [5.74, 6) is 0.814. The summed E-state index contributed by atoms with van der Waals surface area (Å²) in [6.45, 7) is 10.9. The smallest absolute Gasteiger partial charge is 0.211 e. The zero-order valence-corrected chi connectivity index (χ0v) is 20.1. The normalized spacial score (nSPS) is 22.0. The second kappa shape index (κ2) is 9.81. The van der Waals surface area contributed by atoms with Crippen LogP contribution in [0.2, 0.25) is 0 Å². The van der Waals surface area contributed by atoms with E-state index in [1.54, 1.807) is 0 Å². The first-order chi connectivity index (χ1) is 13.9. The summed E-state index contributed by atoms with van der Waals surface area (Å²) < 4.78 is 40.0. The minimum Gasteiger partial charge on any atom is -0.382 e. The van der Waals surface area contributed by atoms with Crippen LogP contribution >= 0.6 is 0 Å². The van der Waals surface area contributed by atoms with Crippen LogP contribution in [-0.4, -0.2) is 45.5 Å². The molecule has 1 aromatic rings. The van der Waals surface area contributed by atoms with Crippen LogP contribution in [0, 0.1) is 10.8 Å². The number of rotatable bonds is 9. The van der Waals surface area contributed by atoms with E-state index in [0.717, 1.165) is 36.6 Å². The van der Waals surface area contributed by atoms with Gasteiger partial charge in [0.15, 0.2) is 0 Å². The highest BCUT2D eigenvalue weighted by Gasteiger charge is 2.39. The third-order valence-electron chi connectivity index (χ3n) is 5.85. The number of hydrogen-bond acceptors (Lipinski definition) is 5. The summed E-state index contributed by atoms with van der Waals surface area (Å²) in [6, 6.07) is 3.91. The van der Waals surface area contributed by atoms with Gasteiger partial charge in [0, 0.05) is 31.2 Å². The molecule has 1 saturated carbocycles. The Morgan fingerprint density at radius 3 is 2.57 bits per heavy atom. The molecule has 2 atom stereocenters. The second-order valence-corrected chi connectivity index (χ2v) is 12.2. The second-order valence-electron chi connectivity index (χ2n) is 10.3. The van der Waals surface area contributed by atoms with Crippen LogP contribution < -0.4 is 15.4 Å². The van der Waals surface area contributed by atoms with Gasteiger partial charge in [0.2, 0.25) is 10.0 Å². The molecule has 1 heterocycles. The van der Waals surface area contributed by atoms with Crippen LogP contribution in [0.4, 0.5) is 15.9 Å². The topological polar surface area (TPSA) is 83.1 Å². The van der Waals surface area contributed by atoms with Gasteiger partial charge in [0.1, 0.15) is 5.82 Å². The van der Waals surface area contributed by atoms with Crippen LogP contribution in [0.3, 0.4) is 0 Å². The Hall–Kier alpha value is -1.41. The molecule has 0 radical (unpaired) electrons. The van der Waals surface area contributed by atoms with Gasteiger partial charge in [-0.25, -0.2) is 18.1 Å². The van der Waals surface area contributed by atoms with Crippen molar-refractivity contribution in [2.45, 2.75) is 72.3 Å². The summed E-state index contributed by atoms with van der Waals surface area (Å²) in [6.07, 6.45) is 2.57. The SMILES string of the molecule is CNc1nc(C2CCC(C)(C)C(NS(=O)(=O)CCCF)C2)ccc1NCC(C)(C)C. The molecule has 1 fully saturated rings. The molecule has 0 aromatic carbocycles. The highest BCUT2D eigenvalue weighted by molar-refractivity contribution is 7.89. The molecule has 6 nitrogen and oxygen atoms in total. The minimum atomic E-state index is -3.49. The van der Waals surface area contributed by atoms with E-state index in [9.17, 15) is 12.8 Å². The number of anilines is 2. The van der Waals surface area contributed by atoms with Gasteiger partial charge >= 0.3 is 0 Å². The molecule has 3 N–H and O–H groups in total. The fourth-order valence-electron chi connectivity index (χ4n) is 3.83. The lowest BCUT2D eigenvalue weighted by molar-refractivity contribution is 0.170. The molecule has 2 rings (SSSR count). The fraction of sp³-hybridized carbons (Fsp3) is 0.773. The van der Waals surface area contributed by atoms with Gasteiger partial charge in [-0.05, 0) is 48.6 Å². The van der Waals surface area contributed by atoms with E-state index >= 15 is 0 Å². The van der Waals surface area contributed by atoms with Gasteiger partial charge < -0.3 is 10.6 Å². The Morgan fingerprint density at radius 1 is 1.27 bits per heavy atom. The largest absolute Gasteiger partial charge is 0.382 e. The summed E-state index contributed by atoms with van der Waals surface area (Å²) >= 11 is 0. The van der Waals surface area contributed by atoms with Gasteiger partial charge in [0.25, 0.3) is 0 Å². The quantitative estimate of drug-likeness (QED) is 0.524. The summed E-state index contributed by atoms with van der Waals surface area (Å²) in [5.41, 5.74) is 1.95. The van der Waals surface area contributed by atoms with Crippen molar-refractivity contribution in [2.75, 3.05) is 36.7 Å². The molecule has 172 valence electrons. The highest BCUT2D eigenvalue weighted by atomic mass is 32.2. The molecule has 0 saturated heterocycles. The maximum Gasteiger partial charge on any atom is 0.211 e. The number of sulfonamides is 1. The Morgan fingerprint density at radius 2 is 1.97 bits per heavy atom. The lowest BCUT2D eigenvalue weighted by atomic mass is 9.69. The van der Waals surface area contributed by atoms with Crippen molar-refractivity contribution in [1.29, 1.82) is 0 Å². The zero-order chi connectivity index (χ0) is 22.6. The Bertz CT molecular complexity index is 806. The molecule has 8 heteroatoms. The molecular formula is C22H39FN4O2S. The van der Waals surface area contributed by atoms with E-state index in [1.165, 1.54) is 0 Å². The van der Waals surface area contributed by atoms with E-state index in [0.29, 0.717) is 6.42 Å². The maximum absolute atomic E-state index is 12.5. The molecule has 0 aliphatic heterocycles. The third-order valence-corrected chi connectivity index (χ3v) is 7.32. The number of pyridine rings is 1. The van der Waals surface area contributed by atoms with Gasteiger partial charge in [-0.15, -0.1) is 0 Å². The highest BCUT2D eigenvalue weighted by Crippen LogP contribution is 2.43. The van der Waals surface area contributed by atoms with E-state index in [-0.39, 0.29) is 35.0 Å². The van der Waals surface area contributed by atoms with E-state index in [2.05, 4.69) is 56.0 Å². The Balaban J connectivity index is 2.17. The number of nitrogens with one attached hydrogen (secondary N) is 3. The summed E-state index contributed by atoms with van der Waals surface area (Å²) in [4.78, 5) is 4.84. The number of alkyl halides is 1. The van der Waals surface area contributed by atoms with Crippen molar-refractivity contribution in [2.24, 2.45) is 10.8 Å². The summed E-state index contributed by atoms with van der Waals surface area (Å²) in [5, 5.41) is 6.64. The Labute approximate surface area is 181 Å². The van der Waals surface area contributed by atoms with Crippen molar-refractivity contribution in [3.8, 4) is 0 Å². The minimum absolute atomic E-state index is 0.0298. The molecule has 1 aliphatic rings.